The van der Waals surface area contributed by atoms with Gasteiger partial charge in [-0.15, -0.1) is 0 Å². The summed E-state index contributed by atoms with van der Waals surface area (Å²) in [6.07, 6.45) is 3.25. The smallest absolute Gasteiger partial charge is 0.387 e. The lowest BCUT2D eigenvalue weighted by molar-refractivity contribution is -0.0486. The first-order valence-corrected chi connectivity index (χ1v) is 12.8. The zero-order valence-corrected chi connectivity index (χ0v) is 20.2. The van der Waals surface area contributed by atoms with E-state index in [1.807, 2.05) is 25.1 Å². The number of hydrogen-bond acceptors (Lipinski definition) is 7. The van der Waals surface area contributed by atoms with Crippen LogP contribution in [0.3, 0.4) is 0 Å². The van der Waals surface area contributed by atoms with E-state index in [0.29, 0.717) is 36.8 Å². The number of rotatable bonds is 6. The number of benzene rings is 2. The maximum Gasteiger partial charge on any atom is 0.387 e. The molecule has 0 amide bonds. The van der Waals surface area contributed by atoms with Crippen LogP contribution in [0.25, 0.3) is 22.0 Å². The van der Waals surface area contributed by atoms with Crippen molar-refractivity contribution in [3.8, 4) is 16.9 Å². The number of hydrogen-bond donors (Lipinski definition) is 1. The molecule has 9 nitrogen and oxygen atoms in total. The molecule has 2 heterocycles. The number of pyridine rings is 1. The Morgan fingerprint density at radius 3 is 2.56 bits per heavy atom. The summed E-state index contributed by atoms with van der Waals surface area (Å²) >= 11 is 0. The number of fused-ring (bicyclic) bond motifs is 2. The average Bonchev–Trinajstić information content (AvgIpc) is 3.55. The molecule has 0 radical (unpaired) electrons. The quantitative estimate of drug-likeness (QED) is 0.492. The molecular weight excluding hydrogens is 498 g/mol. The van der Waals surface area contributed by atoms with Gasteiger partial charge in [0.15, 0.2) is 5.75 Å². The van der Waals surface area contributed by atoms with Gasteiger partial charge in [-0.25, -0.2) is 4.79 Å². The van der Waals surface area contributed by atoms with Crippen molar-refractivity contribution in [2.24, 2.45) is 0 Å². The van der Waals surface area contributed by atoms with Crippen molar-refractivity contribution in [1.82, 2.24) is 9.88 Å². The number of nitrogens with one attached hydrogen (secondary N) is 1. The molecule has 1 aliphatic heterocycles. The molecule has 0 saturated heterocycles. The third-order valence-corrected chi connectivity index (χ3v) is 6.71. The van der Waals surface area contributed by atoms with E-state index in [0.717, 1.165) is 11.1 Å². The maximum absolute atomic E-state index is 13.6. The standard InChI is InChI=1S/C24H22F2N2O6S.H2O/c1-12-16-6-3-13(9-14(16)10-27-12)17-7-8-18-20(22(17)33-24(25)26)28(15-4-5-15)11-19(21(18)29)23(30)34-35(2,31)32;/h3,6-9,11-12,15,24,27H,4-5,10H2,1-2H3;1H2. The third kappa shape index (κ3) is 4.71. The Hall–Kier alpha value is -3.35. The zero-order chi connectivity index (χ0) is 25.1. The van der Waals surface area contributed by atoms with Gasteiger partial charge in [-0.2, -0.15) is 17.2 Å². The number of carbonyl (C=O) groups excluding carboxylic acids is 1. The topological polar surface area (TPSA) is 135 Å². The van der Waals surface area contributed by atoms with Crippen LogP contribution in [-0.2, 0) is 20.8 Å². The molecule has 1 unspecified atom stereocenters. The molecule has 0 bridgehead atoms. The van der Waals surface area contributed by atoms with Crippen molar-refractivity contribution < 1.29 is 36.4 Å². The maximum atomic E-state index is 13.6. The van der Waals surface area contributed by atoms with Crippen molar-refractivity contribution in [2.75, 3.05) is 6.26 Å². The normalized spacial score (nSPS) is 17.1. The average molecular weight is 523 g/mol. The highest BCUT2D eigenvalue weighted by molar-refractivity contribution is 7.86. The Labute approximate surface area is 205 Å². The predicted octanol–water partition coefficient (Wildman–Crippen LogP) is 3.06. The van der Waals surface area contributed by atoms with Gasteiger partial charge in [0.05, 0.1) is 17.2 Å². The SMILES string of the molecule is CC1NCc2cc(-c3ccc4c(=O)c(C(=O)OS(C)(=O)=O)cn(C5CC5)c4c3OC(F)F)ccc21.O. The second kappa shape index (κ2) is 9.26. The molecule has 5 rings (SSSR count). The summed E-state index contributed by atoms with van der Waals surface area (Å²) in [4.78, 5) is 25.6. The highest BCUT2D eigenvalue weighted by Gasteiger charge is 2.31. The van der Waals surface area contributed by atoms with E-state index in [9.17, 15) is 26.8 Å². The van der Waals surface area contributed by atoms with Crippen LogP contribution in [0.2, 0.25) is 0 Å². The van der Waals surface area contributed by atoms with Crippen molar-refractivity contribution >= 4 is 27.0 Å². The number of halogens is 2. The molecule has 3 N–H and O–H groups in total. The number of alkyl halides is 2. The molecule has 12 heteroatoms. The molecule has 1 saturated carbocycles. The monoisotopic (exact) mass is 522 g/mol. The predicted molar refractivity (Wildman–Crippen MR) is 128 cm³/mol. The Morgan fingerprint density at radius 2 is 1.92 bits per heavy atom. The van der Waals surface area contributed by atoms with E-state index in [4.69, 9.17) is 4.74 Å². The van der Waals surface area contributed by atoms with Gasteiger partial charge in [-0.3, -0.25) is 4.79 Å². The van der Waals surface area contributed by atoms with E-state index < -0.39 is 33.7 Å². The lowest BCUT2D eigenvalue weighted by Crippen LogP contribution is -2.23. The highest BCUT2D eigenvalue weighted by Crippen LogP contribution is 2.44. The Balaban J connectivity index is 0.00000304. The molecule has 1 aromatic heterocycles. The van der Waals surface area contributed by atoms with Crippen LogP contribution in [0.15, 0.2) is 41.3 Å². The molecule has 1 aliphatic carbocycles. The van der Waals surface area contributed by atoms with Gasteiger partial charge in [0.25, 0.3) is 0 Å². The first kappa shape index (κ1) is 25.7. The number of carbonyl (C=O) groups is 1. The van der Waals surface area contributed by atoms with Crippen molar-refractivity contribution in [3.63, 3.8) is 0 Å². The second-order valence-corrected chi connectivity index (χ2v) is 10.4. The molecule has 36 heavy (non-hydrogen) atoms. The summed E-state index contributed by atoms with van der Waals surface area (Å²) in [5.74, 6) is -1.50. The molecule has 192 valence electrons. The first-order valence-electron chi connectivity index (χ1n) is 11.0. The van der Waals surface area contributed by atoms with Gasteiger partial charge in [-0.05, 0) is 54.7 Å². The van der Waals surface area contributed by atoms with Crippen LogP contribution in [-0.4, -0.2) is 37.3 Å². The summed E-state index contributed by atoms with van der Waals surface area (Å²) in [6, 6.07) is 8.61. The van der Waals surface area contributed by atoms with Gasteiger partial charge in [0, 0.05) is 30.4 Å². The fourth-order valence-corrected chi connectivity index (χ4v) is 4.91. The van der Waals surface area contributed by atoms with Crippen LogP contribution in [0, 0.1) is 0 Å². The number of nitrogens with zero attached hydrogens (tertiary/aromatic N) is 1. The molecule has 1 fully saturated rings. The van der Waals surface area contributed by atoms with Crippen LogP contribution in [0.4, 0.5) is 8.78 Å². The summed E-state index contributed by atoms with van der Waals surface area (Å²) in [6.45, 7) is -0.483. The lowest BCUT2D eigenvalue weighted by atomic mass is 9.96. The minimum absolute atomic E-state index is 0. The van der Waals surface area contributed by atoms with Crippen molar-refractivity contribution in [3.05, 3.63) is 63.4 Å². The Kier molecular flexibility index (Phi) is 6.62. The fraction of sp³-hybridized carbons (Fsp3) is 0.333. The number of ether oxygens (including phenoxy) is 1. The summed E-state index contributed by atoms with van der Waals surface area (Å²) in [5, 5.41) is 3.28. The molecule has 0 spiro atoms. The van der Waals surface area contributed by atoms with E-state index in [2.05, 4.69) is 9.50 Å². The van der Waals surface area contributed by atoms with Crippen LogP contribution < -0.4 is 15.5 Å². The third-order valence-electron chi connectivity index (χ3n) is 6.26. The Bertz CT molecular complexity index is 1530. The minimum atomic E-state index is -4.16. The summed E-state index contributed by atoms with van der Waals surface area (Å²) in [5.41, 5.74) is 1.98. The second-order valence-electron chi connectivity index (χ2n) is 8.82. The first-order chi connectivity index (χ1) is 16.5. The molecule has 3 aromatic rings. The van der Waals surface area contributed by atoms with E-state index in [1.165, 1.54) is 22.9 Å². The van der Waals surface area contributed by atoms with Crippen molar-refractivity contribution in [2.45, 2.75) is 45.0 Å². The molecule has 2 aliphatic rings. The van der Waals surface area contributed by atoms with Crippen LogP contribution >= 0.6 is 0 Å². The molecule has 1 atom stereocenters. The fourth-order valence-electron chi connectivity index (χ4n) is 4.54. The lowest BCUT2D eigenvalue weighted by Gasteiger charge is -2.19. The zero-order valence-electron chi connectivity index (χ0n) is 19.4. The van der Waals surface area contributed by atoms with E-state index >= 15 is 0 Å². The van der Waals surface area contributed by atoms with E-state index in [-0.39, 0.29) is 34.2 Å². The summed E-state index contributed by atoms with van der Waals surface area (Å²) < 4.78 is 61.0. The van der Waals surface area contributed by atoms with Gasteiger partial charge < -0.3 is 24.3 Å². The van der Waals surface area contributed by atoms with Gasteiger partial charge >= 0.3 is 22.7 Å². The van der Waals surface area contributed by atoms with Gasteiger partial charge in [-0.1, -0.05) is 12.1 Å². The van der Waals surface area contributed by atoms with Gasteiger partial charge in [0.1, 0.15) is 5.56 Å². The Morgan fingerprint density at radius 1 is 1.19 bits per heavy atom. The van der Waals surface area contributed by atoms with Crippen LogP contribution in [0.5, 0.6) is 5.75 Å². The molecular formula is C24H24F2N2O7S. The van der Waals surface area contributed by atoms with Gasteiger partial charge in [0.2, 0.25) is 5.43 Å². The molecule has 2 aromatic carbocycles. The number of aromatic nitrogens is 1. The largest absolute Gasteiger partial charge is 0.432 e. The van der Waals surface area contributed by atoms with E-state index in [1.54, 1.807) is 0 Å². The van der Waals surface area contributed by atoms with Crippen molar-refractivity contribution in [1.29, 1.82) is 0 Å². The van der Waals surface area contributed by atoms with Crippen LogP contribution in [0.1, 0.15) is 53.3 Å². The minimum Gasteiger partial charge on any atom is -0.432 e. The summed E-state index contributed by atoms with van der Waals surface area (Å²) in [7, 11) is -4.16. The highest BCUT2D eigenvalue weighted by atomic mass is 32.2.